The SMILES string of the molecule is CCNC(=O)N(Cc1cc(NC(=O)C2CC2)ccc1N(C)C)C(C)CC. The molecule has 0 aromatic heterocycles. The Morgan fingerprint density at radius 3 is 2.46 bits per heavy atom. The summed E-state index contributed by atoms with van der Waals surface area (Å²) in [4.78, 5) is 28.5. The first-order valence-electron chi connectivity index (χ1n) is 9.52. The van der Waals surface area contributed by atoms with Gasteiger partial charge in [0.15, 0.2) is 0 Å². The summed E-state index contributed by atoms with van der Waals surface area (Å²) in [5.41, 5.74) is 2.87. The van der Waals surface area contributed by atoms with Crippen LogP contribution < -0.4 is 15.5 Å². The second-order valence-electron chi connectivity index (χ2n) is 7.22. The van der Waals surface area contributed by atoms with Gasteiger partial charge in [-0.1, -0.05) is 6.92 Å². The third-order valence-corrected chi connectivity index (χ3v) is 4.83. The Hall–Kier alpha value is -2.24. The second-order valence-corrected chi connectivity index (χ2v) is 7.22. The van der Waals surface area contributed by atoms with Gasteiger partial charge >= 0.3 is 6.03 Å². The van der Waals surface area contributed by atoms with Gasteiger partial charge in [-0.05, 0) is 56.9 Å². The second kappa shape index (κ2) is 8.92. The number of hydrogen-bond acceptors (Lipinski definition) is 3. The van der Waals surface area contributed by atoms with Crippen molar-refractivity contribution in [1.82, 2.24) is 10.2 Å². The van der Waals surface area contributed by atoms with E-state index in [1.54, 1.807) is 0 Å². The van der Waals surface area contributed by atoms with Crippen LogP contribution in [0.5, 0.6) is 0 Å². The Kier molecular flexibility index (Phi) is 6.89. The van der Waals surface area contributed by atoms with E-state index in [1.165, 1.54) is 0 Å². The predicted molar refractivity (Wildman–Crippen MR) is 106 cm³/mol. The minimum absolute atomic E-state index is 0.0565. The van der Waals surface area contributed by atoms with Crippen molar-refractivity contribution in [3.8, 4) is 0 Å². The topological polar surface area (TPSA) is 64.7 Å². The summed E-state index contributed by atoms with van der Waals surface area (Å²) >= 11 is 0. The number of hydrogen-bond donors (Lipinski definition) is 2. The zero-order chi connectivity index (χ0) is 19.3. The quantitative estimate of drug-likeness (QED) is 0.746. The maximum atomic E-state index is 12.5. The van der Waals surface area contributed by atoms with E-state index in [0.717, 1.165) is 36.2 Å². The highest BCUT2D eigenvalue weighted by Crippen LogP contribution is 2.31. The van der Waals surface area contributed by atoms with Crippen molar-refractivity contribution in [2.45, 2.75) is 52.6 Å². The molecule has 3 amide bonds. The minimum atomic E-state index is -0.0565. The van der Waals surface area contributed by atoms with Crippen LogP contribution in [0.2, 0.25) is 0 Å². The monoisotopic (exact) mass is 360 g/mol. The van der Waals surface area contributed by atoms with E-state index >= 15 is 0 Å². The molecule has 0 spiro atoms. The number of nitrogens with one attached hydrogen (secondary N) is 2. The molecular formula is C20H32N4O2. The van der Waals surface area contributed by atoms with E-state index in [4.69, 9.17) is 0 Å². The fourth-order valence-corrected chi connectivity index (χ4v) is 2.90. The molecule has 0 saturated heterocycles. The largest absolute Gasteiger partial charge is 0.377 e. The van der Waals surface area contributed by atoms with Gasteiger partial charge in [0, 0.05) is 50.5 Å². The summed E-state index contributed by atoms with van der Waals surface area (Å²) < 4.78 is 0. The Morgan fingerprint density at radius 1 is 1.23 bits per heavy atom. The van der Waals surface area contributed by atoms with Crippen LogP contribution in [0.4, 0.5) is 16.2 Å². The molecular weight excluding hydrogens is 328 g/mol. The van der Waals surface area contributed by atoms with Crippen LogP contribution in [0.15, 0.2) is 18.2 Å². The van der Waals surface area contributed by atoms with Crippen molar-refractivity contribution in [3.63, 3.8) is 0 Å². The highest BCUT2D eigenvalue weighted by Gasteiger charge is 2.29. The number of urea groups is 1. The number of anilines is 2. The lowest BCUT2D eigenvalue weighted by molar-refractivity contribution is -0.117. The standard InChI is InChI=1S/C20H32N4O2/c1-6-14(3)24(20(26)21-7-2)13-16-12-17(10-11-18(16)23(4)5)22-19(25)15-8-9-15/h10-12,14-15H,6-9,13H2,1-5H3,(H,21,26)(H,22,25). The summed E-state index contributed by atoms with van der Waals surface area (Å²) in [7, 11) is 3.97. The summed E-state index contributed by atoms with van der Waals surface area (Å²) in [5.74, 6) is 0.259. The first-order valence-corrected chi connectivity index (χ1v) is 9.52. The van der Waals surface area contributed by atoms with Crippen LogP contribution in [-0.2, 0) is 11.3 Å². The van der Waals surface area contributed by atoms with Gasteiger partial charge in [-0.15, -0.1) is 0 Å². The van der Waals surface area contributed by atoms with Crippen molar-refractivity contribution in [1.29, 1.82) is 0 Å². The number of rotatable bonds is 8. The summed E-state index contributed by atoms with van der Waals surface area (Å²) in [5, 5.41) is 5.91. The van der Waals surface area contributed by atoms with Gasteiger partial charge in [-0.2, -0.15) is 0 Å². The third-order valence-electron chi connectivity index (χ3n) is 4.83. The maximum absolute atomic E-state index is 12.5. The predicted octanol–water partition coefficient (Wildman–Crippen LogP) is 3.43. The van der Waals surface area contributed by atoms with Gasteiger partial charge in [0.1, 0.15) is 0 Å². The van der Waals surface area contributed by atoms with Crippen LogP contribution in [0, 0.1) is 5.92 Å². The molecule has 26 heavy (non-hydrogen) atoms. The Morgan fingerprint density at radius 2 is 1.92 bits per heavy atom. The van der Waals surface area contributed by atoms with Gasteiger partial charge < -0.3 is 20.4 Å². The lowest BCUT2D eigenvalue weighted by atomic mass is 10.1. The molecule has 6 nitrogen and oxygen atoms in total. The average molecular weight is 361 g/mol. The van der Waals surface area contributed by atoms with E-state index in [1.807, 2.05) is 49.0 Å². The van der Waals surface area contributed by atoms with E-state index in [0.29, 0.717) is 13.1 Å². The molecule has 0 heterocycles. The van der Waals surface area contributed by atoms with Crippen LogP contribution in [0.1, 0.15) is 45.6 Å². The average Bonchev–Trinajstić information content (AvgIpc) is 3.44. The van der Waals surface area contributed by atoms with E-state index in [-0.39, 0.29) is 23.9 Å². The van der Waals surface area contributed by atoms with Crippen molar-refractivity contribution in [3.05, 3.63) is 23.8 Å². The van der Waals surface area contributed by atoms with Gasteiger partial charge in [0.05, 0.1) is 0 Å². The molecule has 0 bridgehead atoms. The highest BCUT2D eigenvalue weighted by molar-refractivity contribution is 5.94. The molecule has 1 aromatic carbocycles. The molecule has 1 atom stereocenters. The van der Waals surface area contributed by atoms with Crippen LogP contribution in [-0.4, -0.2) is 43.5 Å². The molecule has 2 rings (SSSR count). The van der Waals surface area contributed by atoms with Crippen LogP contribution in [0.25, 0.3) is 0 Å². The van der Waals surface area contributed by atoms with Crippen LogP contribution in [0.3, 0.4) is 0 Å². The molecule has 1 aliphatic carbocycles. The molecule has 1 fully saturated rings. The third kappa shape index (κ3) is 5.13. The lowest BCUT2D eigenvalue weighted by Gasteiger charge is -2.30. The number of carbonyl (C=O) groups is 2. The first-order chi connectivity index (χ1) is 12.4. The molecule has 1 unspecified atom stereocenters. The van der Waals surface area contributed by atoms with Gasteiger partial charge in [0.25, 0.3) is 0 Å². The normalized spacial score (nSPS) is 14.5. The Labute approximate surface area is 156 Å². The molecule has 1 aliphatic rings. The summed E-state index contributed by atoms with van der Waals surface area (Å²) in [6.07, 6.45) is 2.84. The first kappa shape index (κ1) is 20.1. The van der Waals surface area contributed by atoms with E-state index < -0.39 is 0 Å². The van der Waals surface area contributed by atoms with E-state index in [2.05, 4.69) is 24.5 Å². The fraction of sp³-hybridized carbons (Fsp3) is 0.600. The minimum Gasteiger partial charge on any atom is -0.377 e. The molecule has 1 aromatic rings. The molecule has 144 valence electrons. The molecule has 0 aliphatic heterocycles. The number of benzene rings is 1. The molecule has 2 N–H and O–H groups in total. The van der Waals surface area contributed by atoms with Gasteiger partial charge in [-0.25, -0.2) is 4.79 Å². The lowest BCUT2D eigenvalue weighted by Crippen LogP contribution is -2.44. The molecule has 1 saturated carbocycles. The number of carbonyl (C=O) groups excluding carboxylic acids is 2. The fourth-order valence-electron chi connectivity index (χ4n) is 2.90. The maximum Gasteiger partial charge on any atom is 0.317 e. The van der Waals surface area contributed by atoms with Gasteiger partial charge in [-0.3, -0.25) is 4.79 Å². The highest BCUT2D eigenvalue weighted by atomic mass is 16.2. The Balaban J connectivity index is 2.26. The van der Waals surface area contributed by atoms with Crippen molar-refractivity contribution >= 4 is 23.3 Å². The molecule has 6 heteroatoms. The van der Waals surface area contributed by atoms with Crippen molar-refractivity contribution < 1.29 is 9.59 Å². The van der Waals surface area contributed by atoms with Gasteiger partial charge in [0.2, 0.25) is 5.91 Å². The number of amides is 3. The van der Waals surface area contributed by atoms with Crippen LogP contribution >= 0.6 is 0 Å². The smallest absolute Gasteiger partial charge is 0.317 e. The zero-order valence-electron chi connectivity index (χ0n) is 16.6. The molecule has 0 radical (unpaired) electrons. The number of nitrogens with zero attached hydrogens (tertiary/aromatic N) is 2. The van der Waals surface area contributed by atoms with Crippen molar-refractivity contribution in [2.24, 2.45) is 5.92 Å². The Bertz CT molecular complexity index is 641. The summed E-state index contributed by atoms with van der Waals surface area (Å²) in [6.45, 7) is 7.16. The summed E-state index contributed by atoms with van der Waals surface area (Å²) in [6, 6.07) is 5.99. The zero-order valence-corrected chi connectivity index (χ0v) is 16.6. The van der Waals surface area contributed by atoms with E-state index in [9.17, 15) is 9.59 Å². The van der Waals surface area contributed by atoms with Crippen molar-refractivity contribution in [2.75, 3.05) is 30.9 Å².